The molecule has 1 heterocycles. The first kappa shape index (κ1) is 19.2. The van der Waals surface area contributed by atoms with Gasteiger partial charge in [-0.15, -0.1) is 0 Å². The van der Waals surface area contributed by atoms with Crippen molar-refractivity contribution in [2.24, 2.45) is 0 Å². The highest BCUT2D eigenvalue weighted by atomic mass is 16.5. The first-order chi connectivity index (χ1) is 13.0. The number of ketones is 1. The standard InChI is InChI=1S/C22H28N2O3/c1-5-7-17-20-18(23-21(17)22(26)27-6-2)12-15(13-19(20)25)14-8-10-16(11-9-14)24(3)4/h8-11,15,23H,5-7,12-13H2,1-4H3/t15-/m1/s1. The minimum absolute atomic E-state index is 0.119. The highest BCUT2D eigenvalue weighted by Gasteiger charge is 2.33. The van der Waals surface area contributed by atoms with Crippen molar-refractivity contribution in [3.05, 3.63) is 52.3 Å². The predicted molar refractivity (Wildman–Crippen MR) is 107 cm³/mol. The van der Waals surface area contributed by atoms with Gasteiger partial charge in [-0.05, 0) is 48.9 Å². The van der Waals surface area contributed by atoms with E-state index in [0.29, 0.717) is 25.1 Å². The Kier molecular flexibility index (Phi) is 5.68. The van der Waals surface area contributed by atoms with Crippen LogP contribution in [-0.2, 0) is 17.6 Å². The smallest absolute Gasteiger partial charge is 0.355 e. The average molecular weight is 368 g/mol. The molecule has 144 valence electrons. The number of ether oxygens (including phenoxy) is 1. The van der Waals surface area contributed by atoms with Gasteiger partial charge in [0.2, 0.25) is 0 Å². The topological polar surface area (TPSA) is 62.4 Å². The lowest BCUT2D eigenvalue weighted by Gasteiger charge is -2.23. The molecule has 1 aromatic heterocycles. The number of nitrogens with one attached hydrogen (secondary N) is 1. The summed E-state index contributed by atoms with van der Waals surface area (Å²) in [5.41, 5.74) is 5.18. The van der Waals surface area contributed by atoms with Crippen LogP contribution in [-0.4, -0.2) is 37.4 Å². The molecule has 3 rings (SSSR count). The minimum Gasteiger partial charge on any atom is -0.461 e. The number of aromatic nitrogens is 1. The number of esters is 1. The molecule has 0 saturated carbocycles. The van der Waals surface area contributed by atoms with E-state index in [-0.39, 0.29) is 17.7 Å². The van der Waals surface area contributed by atoms with Crippen molar-refractivity contribution in [2.75, 3.05) is 25.6 Å². The number of hydrogen-bond donors (Lipinski definition) is 1. The lowest BCUT2D eigenvalue weighted by molar-refractivity contribution is 0.0518. The summed E-state index contributed by atoms with van der Waals surface area (Å²) < 4.78 is 5.19. The summed E-state index contributed by atoms with van der Waals surface area (Å²) in [6.07, 6.45) is 2.79. The van der Waals surface area contributed by atoms with E-state index in [1.54, 1.807) is 6.92 Å². The molecule has 1 N–H and O–H groups in total. The van der Waals surface area contributed by atoms with Gasteiger partial charge in [-0.1, -0.05) is 25.5 Å². The zero-order valence-corrected chi connectivity index (χ0v) is 16.6. The molecule has 0 saturated heterocycles. The molecule has 1 aliphatic carbocycles. The van der Waals surface area contributed by atoms with Crippen molar-refractivity contribution in [3.8, 4) is 0 Å². The van der Waals surface area contributed by atoms with Gasteiger partial charge < -0.3 is 14.6 Å². The van der Waals surface area contributed by atoms with Gasteiger partial charge in [0.05, 0.1) is 6.61 Å². The molecule has 0 radical (unpaired) electrons. The van der Waals surface area contributed by atoms with Gasteiger partial charge in [0, 0.05) is 37.5 Å². The van der Waals surface area contributed by atoms with Gasteiger partial charge in [0.25, 0.3) is 0 Å². The monoisotopic (exact) mass is 368 g/mol. The van der Waals surface area contributed by atoms with E-state index >= 15 is 0 Å². The van der Waals surface area contributed by atoms with Crippen LogP contribution in [0.15, 0.2) is 24.3 Å². The quantitative estimate of drug-likeness (QED) is 0.779. The second kappa shape index (κ2) is 7.99. The van der Waals surface area contributed by atoms with Gasteiger partial charge >= 0.3 is 5.97 Å². The largest absolute Gasteiger partial charge is 0.461 e. The third kappa shape index (κ3) is 3.77. The summed E-state index contributed by atoms with van der Waals surface area (Å²) in [7, 11) is 4.02. The number of benzene rings is 1. The highest BCUT2D eigenvalue weighted by Crippen LogP contribution is 2.36. The molecular formula is C22H28N2O3. The molecule has 0 spiro atoms. The molecule has 5 heteroatoms. The van der Waals surface area contributed by atoms with Crippen LogP contribution in [0.1, 0.15) is 70.3 Å². The Hall–Kier alpha value is -2.56. The van der Waals surface area contributed by atoms with E-state index in [0.717, 1.165) is 40.9 Å². The van der Waals surface area contributed by atoms with E-state index in [1.165, 1.54) is 0 Å². The van der Waals surface area contributed by atoms with Crippen molar-refractivity contribution in [2.45, 2.75) is 45.4 Å². The van der Waals surface area contributed by atoms with Gasteiger partial charge in [0.15, 0.2) is 5.78 Å². The zero-order chi connectivity index (χ0) is 19.6. The average Bonchev–Trinajstić information content (AvgIpc) is 3.01. The number of carbonyl (C=O) groups is 2. The third-order valence-electron chi connectivity index (χ3n) is 5.20. The Labute approximate surface area is 160 Å². The zero-order valence-electron chi connectivity index (χ0n) is 16.6. The van der Waals surface area contributed by atoms with E-state index in [9.17, 15) is 9.59 Å². The molecule has 0 bridgehead atoms. The second-order valence-corrected chi connectivity index (χ2v) is 7.32. The summed E-state index contributed by atoms with van der Waals surface area (Å²) in [4.78, 5) is 30.6. The van der Waals surface area contributed by atoms with Crippen molar-refractivity contribution in [1.29, 1.82) is 0 Å². The van der Waals surface area contributed by atoms with Crippen LogP contribution in [0.5, 0.6) is 0 Å². The molecule has 1 atom stereocenters. The summed E-state index contributed by atoms with van der Waals surface area (Å²) in [6.45, 7) is 4.17. The van der Waals surface area contributed by atoms with Crippen LogP contribution in [0.25, 0.3) is 0 Å². The normalized spacial score (nSPS) is 16.1. The van der Waals surface area contributed by atoms with E-state index < -0.39 is 0 Å². The Bertz CT molecular complexity index is 834. The molecule has 0 amide bonds. The fourth-order valence-electron chi connectivity index (χ4n) is 3.89. The molecular weight excluding hydrogens is 340 g/mol. The summed E-state index contributed by atoms with van der Waals surface area (Å²) in [6, 6.07) is 8.36. The van der Waals surface area contributed by atoms with Crippen molar-refractivity contribution < 1.29 is 14.3 Å². The number of rotatable bonds is 6. The highest BCUT2D eigenvalue weighted by molar-refractivity contribution is 6.03. The number of carbonyl (C=O) groups excluding carboxylic acids is 2. The van der Waals surface area contributed by atoms with Gasteiger partial charge in [-0.25, -0.2) is 4.79 Å². The summed E-state index contributed by atoms with van der Waals surface area (Å²) >= 11 is 0. The van der Waals surface area contributed by atoms with Gasteiger partial charge in [-0.2, -0.15) is 0 Å². The van der Waals surface area contributed by atoms with Gasteiger partial charge in [0.1, 0.15) is 5.69 Å². The third-order valence-corrected chi connectivity index (χ3v) is 5.20. The van der Waals surface area contributed by atoms with Crippen molar-refractivity contribution in [1.82, 2.24) is 4.98 Å². The van der Waals surface area contributed by atoms with Gasteiger partial charge in [-0.3, -0.25) is 4.79 Å². The lowest BCUT2D eigenvalue weighted by atomic mass is 9.81. The van der Waals surface area contributed by atoms with Crippen LogP contribution < -0.4 is 4.90 Å². The first-order valence-corrected chi connectivity index (χ1v) is 9.67. The Morgan fingerprint density at radius 2 is 1.89 bits per heavy atom. The first-order valence-electron chi connectivity index (χ1n) is 9.67. The number of hydrogen-bond acceptors (Lipinski definition) is 4. The number of anilines is 1. The summed E-state index contributed by atoms with van der Waals surface area (Å²) in [5.74, 6) is -0.118. The van der Waals surface area contributed by atoms with Crippen LogP contribution in [0, 0.1) is 0 Å². The SMILES string of the molecule is CCCc1c(C(=O)OCC)[nH]c2c1C(=O)C[C@H](c1ccc(N(C)C)cc1)C2. The van der Waals surface area contributed by atoms with E-state index in [4.69, 9.17) is 4.74 Å². The van der Waals surface area contributed by atoms with Crippen LogP contribution in [0.2, 0.25) is 0 Å². The van der Waals surface area contributed by atoms with Crippen molar-refractivity contribution >= 4 is 17.4 Å². The number of Topliss-reactive ketones (excluding diaryl/α,β-unsaturated/α-hetero) is 1. The molecule has 1 aromatic carbocycles. The molecule has 0 fully saturated rings. The maximum atomic E-state index is 13.0. The number of aromatic amines is 1. The van der Waals surface area contributed by atoms with E-state index in [2.05, 4.69) is 41.1 Å². The lowest BCUT2D eigenvalue weighted by Crippen LogP contribution is -2.19. The predicted octanol–water partition coefficient (Wildman–Crippen LogP) is 4.12. The molecule has 1 aliphatic rings. The fraction of sp³-hybridized carbons (Fsp3) is 0.455. The van der Waals surface area contributed by atoms with Crippen molar-refractivity contribution in [3.63, 3.8) is 0 Å². The van der Waals surface area contributed by atoms with E-state index in [1.807, 2.05) is 14.1 Å². The Morgan fingerprint density at radius 3 is 2.48 bits per heavy atom. The van der Waals surface area contributed by atoms with Crippen LogP contribution >= 0.6 is 0 Å². The number of fused-ring (bicyclic) bond motifs is 1. The fourth-order valence-corrected chi connectivity index (χ4v) is 3.89. The van der Waals surface area contributed by atoms with Crippen LogP contribution in [0.3, 0.4) is 0 Å². The maximum Gasteiger partial charge on any atom is 0.355 e. The molecule has 27 heavy (non-hydrogen) atoms. The maximum absolute atomic E-state index is 13.0. The Morgan fingerprint density at radius 1 is 1.19 bits per heavy atom. The minimum atomic E-state index is -0.366. The Balaban J connectivity index is 1.93. The number of nitrogens with zero attached hydrogens (tertiary/aromatic N) is 1. The molecule has 5 nitrogen and oxygen atoms in total. The van der Waals surface area contributed by atoms with Crippen LogP contribution in [0.4, 0.5) is 5.69 Å². The second-order valence-electron chi connectivity index (χ2n) is 7.32. The molecule has 2 aromatic rings. The molecule has 0 unspecified atom stereocenters. The molecule has 0 aliphatic heterocycles. The summed E-state index contributed by atoms with van der Waals surface area (Å²) in [5, 5.41) is 0. The number of H-pyrrole nitrogens is 1.